The minimum absolute atomic E-state index is 0.553. The van der Waals surface area contributed by atoms with Crippen molar-refractivity contribution in [1.82, 2.24) is 10.2 Å². The zero-order chi connectivity index (χ0) is 18.3. The lowest BCUT2D eigenvalue weighted by molar-refractivity contribution is 0.0377. The first-order valence-corrected chi connectivity index (χ1v) is 9.80. The van der Waals surface area contributed by atoms with Gasteiger partial charge in [-0.1, -0.05) is 30.3 Å². The number of nitrogens with two attached hydrogens (primary N) is 1. The van der Waals surface area contributed by atoms with Crippen molar-refractivity contribution < 1.29 is 9.47 Å². The Kier molecular flexibility index (Phi) is 10.8. The molecule has 0 amide bonds. The van der Waals surface area contributed by atoms with Gasteiger partial charge in [0.15, 0.2) is 5.96 Å². The molecule has 0 spiro atoms. The molecule has 0 unspecified atom stereocenters. The molecule has 0 aromatic heterocycles. The van der Waals surface area contributed by atoms with Gasteiger partial charge in [-0.3, -0.25) is 9.89 Å². The van der Waals surface area contributed by atoms with Crippen LogP contribution in [0.25, 0.3) is 0 Å². The van der Waals surface area contributed by atoms with Gasteiger partial charge < -0.3 is 20.5 Å². The van der Waals surface area contributed by atoms with Crippen molar-refractivity contribution in [1.29, 1.82) is 0 Å². The number of nitrogens with zero attached hydrogens (tertiary/aromatic N) is 2. The largest absolute Gasteiger partial charge is 0.381 e. The van der Waals surface area contributed by atoms with Crippen LogP contribution in [0.5, 0.6) is 0 Å². The van der Waals surface area contributed by atoms with Crippen molar-refractivity contribution in [3.8, 4) is 0 Å². The Labute approximate surface area is 157 Å². The third kappa shape index (κ3) is 9.75. The van der Waals surface area contributed by atoms with Crippen LogP contribution in [0.2, 0.25) is 0 Å². The SMILES string of the molecule is NC(=NCCCN1CCOCC1)NCCCCOCCc1ccccc1. The Morgan fingerprint density at radius 1 is 1.12 bits per heavy atom. The molecular weight excluding hydrogens is 328 g/mol. The van der Waals surface area contributed by atoms with Crippen LogP contribution >= 0.6 is 0 Å². The van der Waals surface area contributed by atoms with Gasteiger partial charge >= 0.3 is 0 Å². The first kappa shape index (κ1) is 20.7. The number of nitrogens with one attached hydrogen (secondary N) is 1. The summed E-state index contributed by atoms with van der Waals surface area (Å²) in [7, 11) is 0. The van der Waals surface area contributed by atoms with Crippen LogP contribution in [0.3, 0.4) is 0 Å². The molecule has 0 atom stereocenters. The maximum atomic E-state index is 5.89. The summed E-state index contributed by atoms with van der Waals surface area (Å²) in [6.07, 6.45) is 4.09. The Hall–Kier alpha value is -1.63. The molecule has 6 nitrogen and oxygen atoms in total. The van der Waals surface area contributed by atoms with Crippen molar-refractivity contribution >= 4 is 5.96 Å². The zero-order valence-corrected chi connectivity index (χ0v) is 15.9. The molecule has 1 aromatic rings. The zero-order valence-electron chi connectivity index (χ0n) is 15.9. The average molecular weight is 363 g/mol. The summed E-state index contributed by atoms with van der Waals surface area (Å²) in [4.78, 5) is 6.80. The summed E-state index contributed by atoms with van der Waals surface area (Å²) in [5.41, 5.74) is 7.22. The van der Waals surface area contributed by atoms with E-state index in [0.717, 1.165) is 84.8 Å². The molecule has 26 heavy (non-hydrogen) atoms. The molecule has 0 bridgehead atoms. The molecule has 2 rings (SSSR count). The lowest BCUT2D eigenvalue weighted by Crippen LogP contribution is -2.37. The second-order valence-electron chi connectivity index (χ2n) is 6.56. The second kappa shape index (κ2) is 13.6. The third-order valence-corrected chi connectivity index (χ3v) is 4.42. The van der Waals surface area contributed by atoms with E-state index in [1.54, 1.807) is 0 Å². The quantitative estimate of drug-likeness (QED) is 0.336. The van der Waals surface area contributed by atoms with Crippen molar-refractivity contribution in [3.05, 3.63) is 35.9 Å². The molecule has 0 radical (unpaired) electrons. The first-order chi connectivity index (χ1) is 12.8. The minimum Gasteiger partial charge on any atom is -0.381 e. The molecule has 0 aliphatic carbocycles. The Balaban J connectivity index is 1.37. The van der Waals surface area contributed by atoms with Gasteiger partial charge in [-0.25, -0.2) is 0 Å². The number of benzene rings is 1. The van der Waals surface area contributed by atoms with Crippen LogP contribution in [0.4, 0.5) is 0 Å². The number of rotatable bonds is 12. The molecule has 3 N–H and O–H groups in total. The number of hydrogen-bond donors (Lipinski definition) is 2. The molecule has 0 saturated carbocycles. The van der Waals surface area contributed by atoms with E-state index in [1.165, 1.54) is 5.56 Å². The summed E-state index contributed by atoms with van der Waals surface area (Å²) in [5.74, 6) is 0.553. The topological polar surface area (TPSA) is 72.1 Å². The lowest BCUT2D eigenvalue weighted by atomic mass is 10.2. The second-order valence-corrected chi connectivity index (χ2v) is 6.56. The molecule has 1 heterocycles. The summed E-state index contributed by atoms with van der Waals surface area (Å²) in [5, 5.41) is 3.18. The van der Waals surface area contributed by atoms with Gasteiger partial charge in [0, 0.05) is 39.3 Å². The normalized spacial score (nSPS) is 15.9. The average Bonchev–Trinajstić information content (AvgIpc) is 2.69. The van der Waals surface area contributed by atoms with Crippen LogP contribution in [-0.2, 0) is 15.9 Å². The Morgan fingerprint density at radius 3 is 2.73 bits per heavy atom. The fourth-order valence-corrected chi connectivity index (χ4v) is 2.86. The molecule has 1 aliphatic heterocycles. The van der Waals surface area contributed by atoms with Gasteiger partial charge in [0.1, 0.15) is 0 Å². The fraction of sp³-hybridized carbons (Fsp3) is 0.650. The molecule has 1 fully saturated rings. The highest BCUT2D eigenvalue weighted by molar-refractivity contribution is 5.77. The maximum absolute atomic E-state index is 5.89. The highest BCUT2D eigenvalue weighted by Crippen LogP contribution is 2.00. The minimum atomic E-state index is 0.553. The Morgan fingerprint density at radius 2 is 1.92 bits per heavy atom. The van der Waals surface area contributed by atoms with Crippen molar-refractivity contribution in [2.75, 3.05) is 59.2 Å². The highest BCUT2D eigenvalue weighted by atomic mass is 16.5. The van der Waals surface area contributed by atoms with E-state index < -0.39 is 0 Å². The summed E-state index contributed by atoms with van der Waals surface area (Å²) in [6.45, 7) is 8.04. The van der Waals surface area contributed by atoms with Gasteiger partial charge in [0.2, 0.25) is 0 Å². The monoisotopic (exact) mass is 362 g/mol. The standard InChI is InChI=1S/C20H34N4O2/c21-20(23-11-6-12-24-13-17-26-18-14-24)22-10-4-5-15-25-16-9-19-7-2-1-3-8-19/h1-3,7-8H,4-6,9-18H2,(H3,21,22,23). The third-order valence-electron chi connectivity index (χ3n) is 4.42. The lowest BCUT2D eigenvalue weighted by Gasteiger charge is -2.26. The van der Waals surface area contributed by atoms with Crippen LogP contribution in [0.15, 0.2) is 35.3 Å². The van der Waals surface area contributed by atoms with E-state index in [-0.39, 0.29) is 0 Å². The molecule has 1 aliphatic rings. The van der Waals surface area contributed by atoms with Gasteiger partial charge in [-0.05, 0) is 31.2 Å². The van der Waals surface area contributed by atoms with Gasteiger partial charge in [0.05, 0.1) is 19.8 Å². The molecular formula is C20H34N4O2. The van der Waals surface area contributed by atoms with E-state index in [1.807, 2.05) is 6.07 Å². The predicted molar refractivity (Wildman–Crippen MR) is 107 cm³/mol. The van der Waals surface area contributed by atoms with Crippen LogP contribution in [0, 0.1) is 0 Å². The maximum Gasteiger partial charge on any atom is 0.188 e. The van der Waals surface area contributed by atoms with Crippen molar-refractivity contribution in [2.45, 2.75) is 25.7 Å². The highest BCUT2D eigenvalue weighted by Gasteiger charge is 2.08. The summed E-state index contributed by atoms with van der Waals surface area (Å²) in [6, 6.07) is 10.4. The van der Waals surface area contributed by atoms with E-state index in [0.29, 0.717) is 5.96 Å². The number of aliphatic imine (C=N–C) groups is 1. The van der Waals surface area contributed by atoms with Crippen LogP contribution in [0.1, 0.15) is 24.8 Å². The molecule has 6 heteroatoms. The number of ether oxygens (including phenoxy) is 2. The smallest absolute Gasteiger partial charge is 0.188 e. The van der Waals surface area contributed by atoms with Gasteiger partial charge in [0.25, 0.3) is 0 Å². The van der Waals surface area contributed by atoms with Crippen molar-refractivity contribution in [3.63, 3.8) is 0 Å². The van der Waals surface area contributed by atoms with E-state index in [9.17, 15) is 0 Å². The van der Waals surface area contributed by atoms with Gasteiger partial charge in [-0.15, -0.1) is 0 Å². The number of unbranched alkanes of at least 4 members (excludes halogenated alkanes) is 1. The Bertz CT molecular complexity index is 490. The number of hydrogen-bond acceptors (Lipinski definition) is 4. The van der Waals surface area contributed by atoms with Gasteiger partial charge in [-0.2, -0.15) is 0 Å². The van der Waals surface area contributed by atoms with Crippen molar-refractivity contribution in [2.24, 2.45) is 10.7 Å². The number of guanidine groups is 1. The van der Waals surface area contributed by atoms with Crippen LogP contribution < -0.4 is 11.1 Å². The molecule has 1 aromatic carbocycles. The molecule has 146 valence electrons. The number of morpholine rings is 1. The molecule has 1 saturated heterocycles. The summed E-state index contributed by atoms with van der Waals surface area (Å²) >= 11 is 0. The predicted octanol–water partition coefficient (Wildman–Crippen LogP) is 1.65. The van der Waals surface area contributed by atoms with E-state index >= 15 is 0 Å². The summed E-state index contributed by atoms with van der Waals surface area (Å²) < 4.78 is 11.0. The fourth-order valence-electron chi connectivity index (χ4n) is 2.86. The van der Waals surface area contributed by atoms with E-state index in [2.05, 4.69) is 39.5 Å². The van der Waals surface area contributed by atoms with E-state index in [4.69, 9.17) is 15.2 Å². The first-order valence-electron chi connectivity index (χ1n) is 9.80. The van der Waals surface area contributed by atoms with Crippen LogP contribution in [-0.4, -0.2) is 70.0 Å².